The van der Waals surface area contributed by atoms with Crippen molar-refractivity contribution in [3.8, 4) is 11.6 Å². The van der Waals surface area contributed by atoms with Crippen molar-refractivity contribution < 1.29 is 9.13 Å². The van der Waals surface area contributed by atoms with Crippen LogP contribution in [-0.4, -0.2) is 51.0 Å². The number of imidazole rings is 1. The lowest BCUT2D eigenvalue weighted by Crippen LogP contribution is -2.47. The van der Waals surface area contributed by atoms with Crippen molar-refractivity contribution in [2.24, 2.45) is 0 Å². The van der Waals surface area contributed by atoms with Crippen molar-refractivity contribution in [2.45, 2.75) is 19.9 Å². The summed E-state index contributed by atoms with van der Waals surface area (Å²) in [7, 11) is 0. The van der Waals surface area contributed by atoms with Crippen LogP contribution < -0.4 is 9.64 Å². The number of piperazine rings is 1. The lowest BCUT2D eigenvalue weighted by Gasteiger charge is -2.38. The number of ether oxygens (including phenoxy) is 1. The van der Waals surface area contributed by atoms with Gasteiger partial charge in [-0.2, -0.15) is 0 Å². The Morgan fingerprint density at radius 1 is 1.03 bits per heavy atom. The Hall–Kier alpha value is -3.52. The summed E-state index contributed by atoms with van der Waals surface area (Å²) in [6, 6.07) is 14.7. The van der Waals surface area contributed by atoms with Gasteiger partial charge in [0.25, 0.3) is 0 Å². The molecule has 0 radical (unpaired) electrons. The Kier molecular flexibility index (Phi) is 5.45. The molecule has 32 heavy (non-hydrogen) atoms. The fourth-order valence-electron chi connectivity index (χ4n) is 4.17. The molecule has 0 saturated carbocycles. The number of fused-ring (bicyclic) bond motifs is 1. The predicted octanol–water partition coefficient (Wildman–Crippen LogP) is 4.48. The number of hydrogen-bond donors (Lipinski definition) is 1. The zero-order chi connectivity index (χ0) is 22.1. The first-order valence-corrected chi connectivity index (χ1v) is 10.8. The molecular formula is C24H25FN6O. The average molecular weight is 433 g/mol. The summed E-state index contributed by atoms with van der Waals surface area (Å²) < 4.78 is 19.3. The molecule has 164 valence electrons. The van der Waals surface area contributed by atoms with Crippen molar-refractivity contribution in [1.29, 1.82) is 0 Å². The quantitative estimate of drug-likeness (QED) is 0.502. The van der Waals surface area contributed by atoms with E-state index in [1.54, 1.807) is 0 Å². The van der Waals surface area contributed by atoms with E-state index in [1.807, 2.05) is 43.3 Å². The average Bonchev–Trinajstić information content (AvgIpc) is 3.21. The number of halogens is 1. The molecule has 1 saturated heterocycles. The highest BCUT2D eigenvalue weighted by atomic mass is 19.1. The smallest absolute Gasteiger partial charge is 0.224 e. The summed E-state index contributed by atoms with van der Waals surface area (Å²) in [5.74, 6) is 2.63. The molecule has 0 unspecified atom stereocenters. The molecule has 0 bridgehead atoms. The third-order valence-corrected chi connectivity index (χ3v) is 5.97. The molecule has 0 amide bonds. The first-order chi connectivity index (χ1) is 15.6. The van der Waals surface area contributed by atoms with E-state index < -0.39 is 0 Å². The van der Waals surface area contributed by atoms with E-state index >= 15 is 0 Å². The zero-order valence-corrected chi connectivity index (χ0v) is 18.1. The molecule has 1 atom stereocenters. The normalized spacial score (nSPS) is 15.8. The Morgan fingerprint density at radius 2 is 1.81 bits per heavy atom. The standard InChI is InChI=1S/C24H25FN6O/c1-16(18-6-8-19(25)9-7-18)30-10-12-31(13-11-30)22-14-23(27-15-26-22)32-21-5-3-4-20-24(21)29-17(2)28-20/h3-9,14-16H,10-13H2,1-2H3,(H,28,29)/t16-/m0/s1. The number of hydrogen-bond acceptors (Lipinski definition) is 6. The van der Waals surface area contributed by atoms with Crippen LogP contribution in [0, 0.1) is 12.7 Å². The van der Waals surface area contributed by atoms with E-state index in [2.05, 4.69) is 36.7 Å². The molecule has 1 aliphatic heterocycles. The lowest BCUT2D eigenvalue weighted by molar-refractivity contribution is 0.198. The lowest BCUT2D eigenvalue weighted by atomic mass is 10.1. The van der Waals surface area contributed by atoms with Gasteiger partial charge in [0.05, 0.1) is 5.52 Å². The van der Waals surface area contributed by atoms with Crippen molar-refractivity contribution in [3.63, 3.8) is 0 Å². The molecule has 8 heteroatoms. The maximum atomic E-state index is 13.2. The van der Waals surface area contributed by atoms with E-state index in [4.69, 9.17) is 4.74 Å². The van der Waals surface area contributed by atoms with Gasteiger partial charge in [0, 0.05) is 38.3 Å². The number of benzene rings is 2. The minimum atomic E-state index is -0.203. The molecule has 1 fully saturated rings. The van der Waals surface area contributed by atoms with Crippen LogP contribution in [0.2, 0.25) is 0 Å². The molecule has 7 nitrogen and oxygen atoms in total. The number of nitrogens with one attached hydrogen (secondary N) is 1. The van der Waals surface area contributed by atoms with Gasteiger partial charge in [-0.25, -0.2) is 19.3 Å². The minimum Gasteiger partial charge on any atom is -0.436 e. The number of anilines is 1. The summed E-state index contributed by atoms with van der Waals surface area (Å²) in [6.07, 6.45) is 1.54. The highest BCUT2D eigenvalue weighted by Gasteiger charge is 2.23. The number of aromatic amines is 1. The topological polar surface area (TPSA) is 70.2 Å². The number of aryl methyl sites for hydroxylation is 1. The predicted molar refractivity (Wildman–Crippen MR) is 122 cm³/mol. The van der Waals surface area contributed by atoms with Crippen LogP contribution in [0.3, 0.4) is 0 Å². The van der Waals surface area contributed by atoms with Gasteiger partial charge in [-0.3, -0.25) is 4.90 Å². The number of para-hydroxylation sites is 1. The third-order valence-electron chi connectivity index (χ3n) is 5.97. The van der Waals surface area contributed by atoms with Gasteiger partial charge in [0.2, 0.25) is 5.88 Å². The Labute approximate surface area is 185 Å². The van der Waals surface area contributed by atoms with Crippen LogP contribution in [0.4, 0.5) is 10.2 Å². The van der Waals surface area contributed by atoms with E-state index in [0.29, 0.717) is 11.6 Å². The van der Waals surface area contributed by atoms with Crippen molar-refractivity contribution in [3.05, 3.63) is 72.1 Å². The van der Waals surface area contributed by atoms with Crippen LogP contribution in [0.25, 0.3) is 11.0 Å². The Morgan fingerprint density at radius 3 is 2.59 bits per heavy atom. The van der Waals surface area contributed by atoms with Crippen molar-refractivity contribution in [1.82, 2.24) is 24.8 Å². The summed E-state index contributed by atoms with van der Waals surface area (Å²) in [5, 5.41) is 0. The monoisotopic (exact) mass is 432 g/mol. The van der Waals surface area contributed by atoms with Gasteiger partial charge in [-0.1, -0.05) is 18.2 Å². The maximum Gasteiger partial charge on any atom is 0.224 e. The number of H-pyrrole nitrogens is 1. The Bertz CT molecular complexity index is 1220. The highest BCUT2D eigenvalue weighted by Crippen LogP contribution is 2.29. The maximum absolute atomic E-state index is 13.2. The molecule has 1 aliphatic rings. The van der Waals surface area contributed by atoms with E-state index in [9.17, 15) is 4.39 Å². The van der Waals surface area contributed by atoms with E-state index in [-0.39, 0.29) is 11.9 Å². The second-order valence-corrected chi connectivity index (χ2v) is 8.04. The largest absolute Gasteiger partial charge is 0.436 e. The van der Waals surface area contributed by atoms with Crippen LogP contribution >= 0.6 is 0 Å². The Balaban J connectivity index is 1.26. The molecule has 5 rings (SSSR count). The van der Waals surface area contributed by atoms with Crippen molar-refractivity contribution in [2.75, 3.05) is 31.1 Å². The fraction of sp³-hybridized carbons (Fsp3) is 0.292. The molecule has 2 aromatic heterocycles. The van der Waals surface area contributed by atoms with Gasteiger partial charge in [0.15, 0.2) is 5.75 Å². The molecule has 1 N–H and O–H groups in total. The summed E-state index contributed by atoms with van der Waals surface area (Å²) in [6.45, 7) is 7.56. The number of aromatic nitrogens is 4. The summed E-state index contributed by atoms with van der Waals surface area (Å²) in [5.41, 5.74) is 2.84. The van der Waals surface area contributed by atoms with E-state index in [1.165, 1.54) is 18.5 Å². The number of rotatable bonds is 5. The molecule has 0 spiro atoms. The molecule has 4 aromatic rings. The molecule has 2 aromatic carbocycles. The van der Waals surface area contributed by atoms with Crippen LogP contribution in [0.5, 0.6) is 11.6 Å². The van der Waals surface area contributed by atoms with Gasteiger partial charge >= 0.3 is 0 Å². The van der Waals surface area contributed by atoms with E-state index in [0.717, 1.165) is 54.4 Å². The first kappa shape index (κ1) is 20.4. The van der Waals surface area contributed by atoms with Gasteiger partial charge in [-0.15, -0.1) is 0 Å². The molecular weight excluding hydrogens is 407 g/mol. The second kappa shape index (κ2) is 8.55. The first-order valence-electron chi connectivity index (χ1n) is 10.8. The third kappa shape index (κ3) is 4.13. The van der Waals surface area contributed by atoms with Gasteiger partial charge in [0.1, 0.15) is 29.3 Å². The fourth-order valence-corrected chi connectivity index (χ4v) is 4.17. The zero-order valence-electron chi connectivity index (χ0n) is 18.1. The number of nitrogens with zero attached hydrogens (tertiary/aromatic N) is 5. The highest BCUT2D eigenvalue weighted by molar-refractivity contribution is 5.82. The minimum absolute atomic E-state index is 0.203. The van der Waals surface area contributed by atoms with Gasteiger partial charge < -0.3 is 14.6 Å². The van der Waals surface area contributed by atoms with Crippen molar-refractivity contribution >= 4 is 16.9 Å². The SMILES string of the molecule is Cc1nc2c(Oc3cc(N4CCN([C@@H](C)c5ccc(F)cc5)CC4)ncn3)cccc2[nH]1. The van der Waals surface area contributed by atoms with Crippen LogP contribution in [-0.2, 0) is 0 Å². The molecule has 3 heterocycles. The summed E-state index contributed by atoms with van der Waals surface area (Å²) >= 11 is 0. The van der Waals surface area contributed by atoms with Gasteiger partial charge in [-0.05, 0) is 43.7 Å². The summed E-state index contributed by atoms with van der Waals surface area (Å²) in [4.78, 5) is 21.1. The van der Waals surface area contributed by atoms with Crippen LogP contribution in [0.1, 0.15) is 24.4 Å². The molecule has 0 aliphatic carbocycles. The van der Waals surface area contributed by atoms with Crippen LogP contribution in [0.15, 0.2) is 54.9 Å². The second-order valence-electron chi connectivity index (χ2n) is 8.04.